The number of rotatable bonds is 2. The van der Waals surface area contributed by atoms with Gasteiger partial charge in [-0.1, -0.05) is 18.2 Å². The van der Waals surface area contributed by atoms with Gasteiger partial charge in [-0.25, -0.2) is 0 Å². The van der Waals surface area contributed by atoms with Gasteiger partial charge in [-0.15, -0.1) is 5.98 Å². The number of fused-ring (bicyclic) bond motifs is 1. The first-order chi connectivity index (χ1) is 7.04. The standard InChI is InChI=1S/C10H7BF3O/c12-11(13,14)5-3-8-1-2-9-4-6-15-10(9)7-8/h1-7H/q-1/b5-3+. The van der Waals surface area contributed by atoms with Gasteiger partial charge in [0.2, 0.25) is 0 Å². The Morgan fingerprint density at radius 1 is 1.13 bits per heavy atom. The van der Waals surface area contributed by atoms with Crippen LogP contribution in [0, 0.1) is 0 Å². The Kier molecular flexibility index (Phi) is 2.30. The molecule has 1 aromatic carbocycles. The van der Waals surface area contributed by atoms with E-state index in [4.69, 9.17) is 4.42 Å². The summed E-state index contributed by atoms with van der Waals surface area (Å²) < 4.78 is 40.9. The molecule has 15 heavy (non-hydrogen) atoms. The average molecular weight is 211 g/mol. The predicted octanol–water partition coefficient (Wildman–Crippen LogP) is 3.83. The average Bonchev–Trinajstić information content (AvgIpc) is 2.60. The number of halogens is 3. The molecule has 0 aliphatic rings. The third-order valence-corrected chi connectivity index (χ3v) is 1.99. The molecule has 0 radical (unpaired) electrons. The van der Waals surface area contributed by atoms with Crippen LogP contribution in [0.1, 0.15) is 5.56 Å². The smallest absolute Gasteiger partial charge is 0.464 e. The van der Waals surface area contributed by atoms with Crippen LogP contribution in [0.25, 0.3) is 17.0 Å². The maximum absolute atomic E-state index is 11.9. The van der Waals surface area contributed by atoms with Crippen LogP contribution in [0.15, 0.2) is 40.9 Å². The van der Waals surface area contributed by atoms with Gasteiger partial charge in [0, 0.05) is 5.39 Å². The summed E-state index contributed by atoms with van der Waals surface area (Å²) in [7, 11) is 0. The van der Waals surface area contributed by atoms with Crippen molar-refractivity contribution in [2.45, 2.75) is 0 Å². The number of hydrogen-bond donors (Lipinski definition) is 0. The van der Waals surface area contributed by atoms with Gasteiger partial charge in [0.25, 0.3) is 0 Å². The molecule has 0 aliphatic carbocycles. The van der Waals surface area contributed by atoms with Gasteiger partial charge in [-0.3, -0.25) is 0 Å². The van der Waals surface area contributed by atoms with E-state index in [1.54, 1.807) is 24.3 Å². The Bertz CT molecular complexity index is 499. The monoisotopic (exact) mass is 211 g/mol. The van der Waals surface area contributed by atoms with Crippen LogP contribution >= 0.6 is 0 Å². The topological polar surface area (TPSA) is 13.1 Å². The maximum Gasteiger partial charge on any atom is 0.502 e. The summed E-state index contributed by atoms with van der Waals surface area (Å²) in [5.74, 6) is 0.268. The van der Waals surface area contributed by atoms with Crippen LogP contribution in [0.3, 0.4) is 0 Å². The molecule has 5 heteroatoms. The lowest BCUT2D eigenvalue weighted by molar-refractivity contribution is 0.499. The van der Waals surface area contributed by atoms with Gasteiger partial charge >= 0.3 is 6.98 Å². The first kappa shape index (κ1) is 9.89. The van der Waals surface area contributed by atoms with Gasteiger partial charge < -0.3 is 17.4 Å². The minimum atomic E-state index is -4.87. The third-order valence-electron chi connectivity index (χ3n) is 1.99. The normalized spacial score (nSPS) is 12.7. The SMILES string of the molecule is F[B-](F)(F)/C=C/c1ccc2ccoc2c1. The molecule has 78 valence electrons. The molecule has 0 aliphatic heterocycles. The first-order valence-electron chi connectivity index (χ1n) is 4.41. The molecule has 1 aromatic heterocycles. The van der Waals surface area contributed by atoms with E-state index in [1.807, 2.05) is 0 Å². The van der Waals surface area contributed by atoms with Crippen molar-refractivity contribution in [1.82, 2.24) is 0 Å². The Morgan fingerprint density at radius 2 is 1.93 bits per heavy atom. The van der Waals surface area contributed by atoms with Crippen molar-refractivity contribution >= 4 is 24.0 Å². The lowest BCUT2D eigenvalue weighted by Crippen LogP contribution is -2.09. The van der Waals surface area contributed by atoms with Gasteiger partial charge in [0.1, 0.15) is 5.58 Å². The second-order valence-corrected chi connectivity index (χ2v) is 3.20. The molecule has 0 bridgehead atoms. The maximum atomic E-state index is 11.9. The Balaban J connectivity index is 2.33. The third kappa shape index (κ3) is 2.43. The zero-order valence-electron chi connectivity index (χ0n) is 7.66. The zero-order valence-corrected chi connectivity index (χ0v) is 7.66. The van der Waals surface area contributed by atoms with Crippen LogP contribution in [-0.4, -0.2) is 6.98 Å². The quantitative estimate of drug-likeness (QED) is 0.687. The molecule has 2 aromatic rings. The van der Waals surface area contributed by atoms with Crippen molar-refractivity contribution in [3.05, 3.63) is 42.1 Å². The Hall–Kier alpha value is -1.65. The number of furan rings is 1. The highest BCUT2D eigenvalue weighted by Gasteiger charge is 2.16. The van der Waals surface area contributed by atoms with Crippen molar-refractivity contribution in [3.63, 3.8) is 0 Å². The second-order valence-electron chi connectivity index (χ2n) is 3.20. The molecular formula is C10H7BF3O-. The summed E-state index contributed by atoms with van der Waals surface area (Å²) in [6.07, 6.45) is 2.55. The molecule has 0 saturated heterocycles. The summed E-state index contributed by atoms with van der Waals surface area (Å²) in [5, 5.41) is 0.879. The van der Waals surface area contributed by atoms with E-state index in [2.05, 4.69) is 0 Å². The molecular weight excluding hydrogens is 204 g/mol. The van der Waals surface area contributed by atoms with E-state index in [-0.39, 0.29) is 5.98 Å². The Morgan fingerprint density at radius 3 is 2.67 bits per heavy atom. The van der Waals surface area contributed by atoms with Crippen molar-refractivity contribution in [1.29, 1.82) is 0 Å². The molecule has 2 rings (SSSR count). The fraction of sp³-hybridized carbons (Fsp3) is 0. The van der Waals surface area contributed by atoms with Crippen molar-refractivity contribution in [3.8, 4) is 0 Å². The molecule has 0 atom stereocenters. The summed E-state index contributed by atoms with van der Waals surface area (Å²) >= 11 is 0. The van der Waals surface area contributed by atoms with E-state index in [0.29, 0.717) is 11.1 Å². The van der Waals surface area contributed by atoms with Crippen LogP contribution in [0.2, 0.25) is 0 Å². The van der Waals surface area contributed by atoms with E-state index in [9.17, 15) is 12.9 Å². The molecule has 0 spiro atoms. The highest BCUT2D eigenvalue weighted by Crippen LogP contribution is 2.19. The summed E-state index contributed by atoms with van der Waals surface area (Å²) in [6, 6.07) is 6.68. The van der Waals surface area contributed by atoms with Crippen LogP contribution in [0.4, 0.5) is 12.9 Å². The largest absolute Gasteiger partial charge is 0.502 e. The fourth-order valence-corrected chi connectivity index (χ4v) is 1.30. The van der Waals surface area contributed by atoms with E-state index < -0.39 is 6.98 Å². The lowest BCUT2D eigenvalue weighted by Gasteiger charge is -2.05. The fourth-order valence-electron chi connectivity index (χ4n) is 1.30. The molecule has 1 heterocycles. The van der Waals surface area contributed by atoms with Crippen LogP contribution < -0.4 is 0 Å². The first-order valence-corrected chi connectivity index (χ1v) is 4.41. The van der Waals surface area contributed by atoms with Gasteiger partial charge in [0.15, 0.2) is 0 Å². The second kappa shape index (κ2) is 3.49. The van der Waals surface area contributed by atoms with E-state index in [1.165, 1.54) is 6.26 Å². The van der Waals surface area contributed by atoms with Crippen molar-refractivity contribution in [2.24, 2.45) is 0 Å². The number of benzene rings is 1. The molecule has 0 fully saturated rings. The number of hydrogen-bond acceptors (Lipinski definition) is 1. The van der Waals surface area contributed by atoms with Crippen LogP contribution in [-0.2, 0) is 0 Å². The van der Waals surface area contributed by atoms with Gasteiger partial charge in [-0.05, 0) is 17.7 Å². The van der Waals surface area contributed by atoms with Crippen LogP contribution in [0.5, 0.6) is 0 Å². The van der Waals surface area contributed by atoms with Gasteiger partial charge in [0.05, 0.1) is 6.26 Å². The molecule has 0 saturated carbocycles. The summed E-state index contributed by atoms with van der Waals surface area (Å²) in [5.41, 5.74) is 1.07. The minimum absolute atomic E-state index is 0.268. The molecule has 0 unspecified atom stereocenters. The Labute approximate surface area is 84.3 Å². The molecule has 0 N–H and O–H groups in total. The lowest BCUT2D eigenvalue weighted by atomic mass is 9.90. The van der Waals surface area contributed by atoms with Gasteiger partial charge in [-0.2, -0.15) is 0 Å². The molecule has 0 amide bonds. The molecule has 1 nitrogen and oxygen atoms in total. The van der Waals surface area contributed by atoms with Crippen molar-refractivity contribution < 1.29 is 17.4 Å². The predicted molar refractivity (Wildman–Crippen MR) is 54.3 cm³/mol. The summed E-state index contributed by atoms with van der Waals surface area (Å²) in [4.78, 5) is 0. The van der Waals surface area contributed by atoms with E-state index >= 15 is 0 Å². The minimum Gasteiger partial charge on any atom is -0.464 e. The summed E-state index contributed by atoms with van der Waals surface area (Å²) in [6.45, 7) is -4.87. The van der Waals surface area contributed by atoms with Crippen molar-refractivity contribution in [2.75, 3.05) is 0 Å². The van der Waals surface area contributed by atoms with E-state index in [0.717, 1.165) is 11.5 Å². The highest BCUT2D eigenvalue weighted by atomic mass is 19.4. The zero-order chi connectivity index (χ0) is 10.9. The highest BCUT2D eigenvalue weighted by molar-refractivity contribution is 6.64.